The van der Waals surface area contributed by atoms with Gasteiger partial charge in [-0.1, -0.05) is 0 Å². The second-order valence-corrected chi connectivity index (χ2v) is 2.81. The number of allylic oxidation sites excluding steroid dienone is 3. The topological polar surface area (TPSA) is 43.4 Å². The number of halogens is 3. The first-order valence-electron chi connectivity index (χ1n) is 4.06. The van der Waals surface area contributed by atoms with Crippen LogP contribution >= 0.6 is 0 Å². The maximum absolute atomic E-state index is 11.8. The number of ether oxygens (including phenoxy) is 1. The van der Waals surface area contributed by atoms with E-state index in [0.29, 0.717) is 6.42 Å². The number of hydrogen-bond acceptors (Lipinski definition) is 3. The van der Waals surface area contributed by atoms with Gasteiger partial charge in [0.15, 0.2) is 5.76 Å². The maximum atomic E-state index is 11.8. The molecule has 0 bridgehead atoms. The summed E-state index contributed by atoms with van der Waals surface area (Å²) in [5.74, 6) is -3.23. The van der Waals surface area contributed by atoms with Crippen molar-refractivity contribution in [2.75, 3.05) is 0 Å². The van der Waals surface area contributed by atoms with Crippen molar-refractivity contribution in [2.24, 2.45) is 0 Å². The van der Waals surface area contributed by atoms with Gasteiger partial charge in [-0.2, -0.15) is 13.2 Å². The van der Waals surface area contributed by atoms with E-state index in [4.69, 9.17) is 0 Å². The average Bonchev–Trinajstić information content (AvgIpc) is 2.17. The predicted molar refractivity (Wildman–Crippen MR) is 43.6 cm³/mol. The van der Waals surface area contributed by atoms with Crippen molar-refractivity contribution in [2.45, 2.75) is 19.0 Å². The van der Waals surface area contributed by atoms with E-state index in [1.165, 1.54) is 12.3 Å². The molecule has 6 heteroatoms. The van der Waals surface area contributed by atoms with E-state index < -0.39 is 24.2 Å². The highest BCUT2D eigenvalue weighted by Gasteiger charge is 2.39. The summed E-state index contributed by atoms with van der Waals surface area (Å²) >= 11 is 0. The first-order valence-corrected chi connectivity index (χ1v) is 4.06. The molecule has 0 aromatic heterocycles. The third kappa shape index (κ3) is 3.23. The van der Waals surface area contributed by atoms with Gasteiger partial charge in [0.1, 0.15) is 0 Å². The van der Waals surface area contributed by atoms with Gasteiger partial charge < -0.3 is 4.74 Å². The zero-order valence-electron chi connectivity index (χ0n) is 7.50. The number of ketones is 2. The molecule has 1 heterocycles. The zero-order chi connectivity index (χ0) is 11.5. The van der Waals surface area contributed by atoms with Gasteiger partial charge in [0, 0.05) is 0 Å². The molecule has 0 amide bonds. The summed E-state index contributed by atoms with van der Waals surface area (Å²) < 4.78 is 40.1. The molecule has 1 aliphatic heterocycles. The molecule has 0 N–H and O–H groups in total. The Morgan fingerprint density at radius 3 is 2.53 bits per heavy atom. The first-order chi connectivity index (χ1) is 6.91. The summed E-state index contributed by atoms with van der Waals surface area (Å²) in [5.41, 5.74) is 0. The Morgan fingerprint density at radius 2 is 2.07 bits per heavy atom. The van der Waals surface area contributed by atoms with Crippen LogP contribution < -0.4 is 0 Å². The fourth-order valence-corrected chi connectivity index (χ4v) is 0.913. The lowest BCUT2D eigenvalue weighted by molar-refractivity contribution is -0.171. The Labute approximate surface area is 83.2 Å². The second kappa shape index (κ2) is 4.29. The fraction of sp³-hybridized carbons (Fsp3) is 0.333. The minimum absolute atomic E-state index is 0.213. The Morgan fingerprint density at radius 1 is 1.40 bits per heavy atom. The maximum Gasteiger partial charge on any atom is 0.450 e. The van der Waals surface area contributed by atoms with Gasteiger partial charge in [0.2, 0.25) is 11.6 Å². The zero-order valence-corrected chi connectivity index (χ0v) is 7.50. The molecule has 1 aliphatic rings. The number of alkyl halides is 3. The monoisotopic (exact) mass is 220 g/mol. The molecule has 0 unspecified atom stereocenters. The van der Waals surface area contributed by atoms with E-state index in [9.17, 15) is 22.8 Å². The van der Waals surface area contributed by atoms with Gasteiger partial charge in [-0.25, -0.2) is 0 Å². The standard InChI is InChI=1S/C9H7F3O3/c10-9(11,12)8(14)5-6(13)7-3-1-2-4-15-7/h2-4H,1,5H2. The van der Waals surface area contributed by atoms with Crippen molar-refractivity contribution in [1.29, 1.82) is 0 Å². The molecule has 0 aliphatic carbocycles. The lowest BCUT2D eigenvalue weighted by Gasteiger charge is -2.09. The van der Waals surface area contributed by atoms with Crippen molar-refractivity contribution < 1.29 is 27.5 Å². The highest BCUT2D eigenvalue weighted by Crippen LogP contribution is 2.20. The molecule has 0 spiro atoms. The van der Waals surface area contributed by atoms with Crippen LogP contribution in [0.4, 0.5) is 13.2 Å². The summed E-state index contributed by atoms with van der Waals surface area (Å²) in [5, 5.41) is 0. The molecule has 3 nitrogen and oxygen atoms in total. The minimum Gasteiger partial charge on any atom is -0.462 e. The van der Waals surface area contributed by atoms with Gasteiger partial charge in [-0.3, -0.25) is 9.59 Å². The van der Waals surface area contributed by atoms with Crippen molar-refractivity contribution in [3.63, 3.8) is 0 Å². The quantitative estimate of drug-likeness (QED) is 0.682. The van der Waals surface area contributed by atoms with Crippen LogP contribution in [0, 0.1) is 0 Å². The van der Waals surface area contributed by atoms with E-state index in [1.54, 1.807) is 6.08 Å². The number of carbonyl (C=O) groups is 2. The Kier molecular flexibility index (Phi) is 3.28. The summed E-state index contributed by atoms with van der Waals surface area (Å²) in [6, 6.07) is 0. The van der Waals surface area contributed by atoms with Crippen LogP contribution in [0.25, 0.3) is 0 Å². The lowest BCUT2D eigenvalue weighted by Crippen LogP contribution is -2.26. The Balaban J connectivity index is 2.56. The van der Waals surface area contributed by atoms with E-state index in [1.807, 2.05) is 0 Å². The van der Waals surface area contributed by atoms with Crippen molar-refractivity contribution >= 4 is 11.6 Å². The van der Waals surface area contributed by atoms with Crippen LogP contribution in [0.5, 0.6) is 0 Å². The van der Waals surface area contributed by atoms with E-state index in [2.05, 4.69) is 4.74 Å². The smallest absolute Gasteiger partial charge is 0.450 e. The number of carbonyl (C=O) groups excluding carboxylic acids is 2. The van der Waals surface area contributed by atoms with Crippen molar-refractivity contribution in [1.82, 2.24) is 0 Å². The molecule has 1 rings (SSSR count). The van der Waals surface area contributed by atoms with Gasteiger partial charge >= 0.3 is 6.18 Å². The fourth-order valence-electron chi connectivity index (χ4n) is 0.913. The van der Waals surface area contributed by atoms with Crippen LogP contribution in [0.15, 0.2) is 24.2 Å². The minimum atomic E-state index is -4.97. The van der Waals surface area contributed by atoms with Crippen LogP contribution in [0.3, 0.4) is 0 Å². The van der Waals surface area contributed by atoms with Gasteiger partial charge in [-0.05, 0) is 18.6 Å². The molecule has 0 saturated heterocycles. The molecule has 15 heavy (non-hydrogen) atoms. The van der Waals surface area contributed by atoms with Gasteiger partial charge in [-0.15, -0.1) is 0 Å². The van der Waals surface area contributed by atoms with Crippen LogP contribution in [0.2, 0.25) is 0 Å². The van der Waals surface area contributed by atoms with E-state index in [0.717, 1.165) is 0 Å². The van der Waals surface area contributed by atoms with Crippen molar-refractivity contribution in [3.05, 3.63) is 24.2 Å². The molecule has 0 aromatic rings. The Hall–Kier alpha value is -1.59. The molecule has 0 atom stereocenters. The van der Waals surface area contributed by atoms with E-state index >= 15 is 0 Å². The lowest BCUT2D eigenvalue weighted by atomic mass is 10.1. The summed E-state index contributed by atoms with van der Waals surface area (Å²) in [7, 11) is 0. The molecule has 0 saturated carbocycles. The molecule has 0 fully saturated rings. The summed E-state index contributed by atoms with van der Waals surface area (Å²) in [4.78, 5) is 21.6. The van der Waals surface area contributed by atoms with E-state index in [-0.39, 0.29) is 5.76 Å². The number of Topliss-reactive ketones (excluding diaryl/α,β-unsaturated/α-hetero) is 2. The molecule has 0 radical (unpaired) electrons. The predicted octanol–water partition coefficient (Wildman–Crippen LogP) is 1.89. The third-order valence-electron chi connectivity index (χ3n) is 1.64. The van der Waals surface area contributed by atoms with Crippen molar-refractivity contribution in [3.8, 4) is 0 Å². The molecular formula is C9H7F3O3. The number of hydrogen-bond donors (Lipinski definition) is 0. The molecular weight excluding hydrogens is 213 g/mol. The van der Waals surface area contributed by atoms with Gasteiger partial charge in [0.25, 0.3) is 0 Å². The SMILES string of the molecule is O=C(CC(=O)C(F)(F)F)C1=CCC=CO1. The largest absolute Gasteiger partial charge is 0.462 e. The highest BCUT2D eigenvalue weighted by molar-refractivity contribution is 6.08. The molecule has 0 aromatic carbocycles. The average molecular weight is 220 g/mol. The van der Waals surface area contributed by atoms with Crippen LogP contribution in [-0.2, 0) is 14.3 Å². The second-order valence-electron chi connectivity index (χ2n) is 2.81. The third-order valence-corrected chi connectivity index (χ3v) is 1.64. The normalized spacial score (nSPS) is 15.5. The van der Waals surface area contributed by atoms with Crippen LogP contribution in [0.1, 0.15) is 12.8 Å². The highest BCUT2D eigenvalue weighted by atomic mass is 19.4. The Bertz CT molecular complexity index is 339. The first kappa shape index (κ1) is 11.5. The molecule has 82 valence electrons. The van der Waals surface area contributed by atoms with Gasteiger partial charge in [0.05, 0.1) is 12.7 Å². The summed E-state index contributed by atoms with van der Waals surface area (Å²) in [6.45, 7) is 0. The summed E-state index contributed by atoms with van der Waals surface area (Å²) in [6.07, 6.45) is -1.66. The number of rotatable bonds is 3. The van der Waals surface area contributed by atoms with Crippen LogP contribution in [-0.4, -0.2) is 17.7 Å².